The summed E-state index contributed by atoms with van der Waals surface area (Å²) in [4.78, 5) is 24.6. The molecule has 0 aliphatic carbocycles. The lowest BCUT2D eigenvalue weighted by Crippen LogP contribution is -2.31. The third-order valence-corrected chi connectivity index (χ3v) is 7.16. The first-order valence-electron chi connectivity index (χ1n) is 10.4. The molecule has 33 heavy (non-hydrogen) atoms. The molecule has 0 aliphatic heterocycles. The molecule has 1 amide bonds. The Bertz CT molecular complexity index is 1270. The smallest absolute Gasteiger partial charge is 0.338 e. The third-order valence-electron chi connectivity index (χ3n) is 5.09. The van der Waals surface area contributed by atoms with Crippen molar-refractivity contribution in [1.82, 2.24) is 4.31 Å². The average molecular weight is 471 g/mol. The number of hydrogen-bond donors (Lipinski definition) is 1. The minimum Gasteiger partial charge on any atom is -0.495 e. The van der Waals surface area contributed by atoms with Crippen molar-refractivity contribution in [3.63, 3.8) is 0 Å². The molecule has 1 N–H and O–H groups in total. The molecule has 0 aromatic heterocycles. The molecule has 0 fully saturated rings. The normalized spacial score (nSPS) is 11.4. The molecule has 0 saturated heterocycles. The van der Waals surface area contributed by atoms with Crippen LogP contribution in [0.25, 0.3) is 10.8 Å². The van der Waals surface area contributed by atoms with Gasteiger partial charge in [0, 0.05) is 18.8 Å². The number of fused-ring (bicyclic) bond motifs is 1. The molecule has 3 aromatic carbocycles. The van der Waals surface area contributed by atoms with Crippen LogP contribution in [0.5, 0.6) is 5.75 Å². The van der Waals surface area contributed by atoms with E-state index in [4.69, 9.17) is 9.47 Å². The molecule has 0 heterocycles. The number of amides is 1. The number of carbonyl (C=O) groups is 2. The fourth-order valence-electron chi connectivity index (χ4n) is 3.39. The maximum absolute atomic E-state index is 12.9. The van der Waals surface area contributed by atoms with E-state index >= 15 is 0 Å². The van der Waals surface area contributed by atoms with E-state index in [9.17, 15) is 18.0 Å². The molecule has 8 nitrogen and oxygen atoms in total. The fourth-order valence-corrected chi connectivity index (χ4v) is 5.03. The van der Waals surface area contributed by atoms with Gasteiger partial charge < -0.3 is 14.8 Å². The molecule has 3 aromatic rings. The maximum atomic E-state index is 12.9. The molecular weight excluding hydrogens is 444 g/mol. The van der Waals surface area contributed by atoms with Crippen LogP contribution in [0, 0.1) is 0 Å². The zero-order valence-electron chi connectivity index (χ0n) is 18.7. The Kier molecular flexibility index (Phi) is 7.67. The Morgan fingerprint density at radius 3 is 2.30 bits per heavy atom. The van der Waals surface area contributed by atoms with E-state index in [1.165, 1.54) is 29.6 Å². The van der Waals surface area contributed by atoms with Gasteiger partial charge in [0.15, 0.2) is 6.61 Å². The molecule has 3 rings (SSSR count). The van der Waals surface area contributed by atoms with Gasteiger partial charge in [0.05, 0.1) is 12.7 Å². The zero-order chi connectivity index (χ0) is 24.0. The molecule has 0 bridgehead atoms. The summed E-state index contributed by atoms with van der Waals surface area (Å²) in [7, 11) is -2.52. The molecular formula is C24H26N2O6S. The highest BCUT2D eigenvalue weighted by Gasteiger charge is 2.27. The van der Waals surface area contributed by atoms with Gasteiger partial charge >= 0.3 is 5.97 Å². The Hall–Kier alpha value is -3.43. The van der Waals surface area contributed by atoms with E-state index in [0.717, 1.165) is 10.8 Å². The van der Waals surface area contributed by atoms with Crippen LogP contribution in [-0.4, -0.2) is 51.4 Å². The first-order chi connectivity index (χ1) is 15.8. The number of hydrogen-bond acceptors (Lipinski definition) is 6. The van der Waals surface area contributed by atoms with Crippen LogP contribution in [-0.2, 0) is 19.6 Å². The van der Waals surface area contributed by atoms with Crippen LogP contribution in [0.2, 0.25) is 0 Å². The Morgan fingerprint density at radius 1 is 0.939 bits per heavy atom. The lowest BCUT2D eigenvalue weighted by molar-refractivity contribution is -0.119. The van der Waals surface area contributed by atoms with Gasteiger partial charge in [-0.15, -0.1) is 0 Å². The van der Waals surface area contributed by atoms with Crippen LogP contribution in [0.1, 0.15) is 24.2 Å². The van der Waals surface area contributed by atoms with E-state index in [1.54, 1.807) is 19.9 Å². The van der Waals surface area contributed by atoms with Gasteiger partial charge in [-0.05, 0) is 41.1 Å². The summed E-state index contributed by atoms with van der Waals surface area (Å²) in [5.74, 6) is -1.21. The highest BCUT2D eigenvalue weighted by atomic mass is 32.2. The largest absolute Gasteiger partial charge is 0.495 e. The summed E-state index contributed by atoms with van der Waals surface area (Å²) >= 11 is 0. The van der Waals surface area contributed by atoms with Crippen molar-refractivity contribution < 1.29 is 27.5 Å². The number of ether oxygens (including phenoxy) is 2. The standard InChI is InChI=1S/C24H26N2O6S/c1-4-26(5-2)33(29,30)22-15-19(11-13-21(22)31-3)24(28)32-16-23(27)25-20-12-10-17-8-6-7-9-18(17)14-20/h6-15H,4-5,16H2,1-3H3,(H,25,27). The predicted molar refractivity (Wildman–Crippen MR) is 126 cm³/mol. The van der Waals surface area contributed by atoms with Crippen molar-refractivity contribution in [3.8, 4) is 5.75 Å². The van der Waals surface area contributed by atoms with Crippen molar-refractivity contribution >= 4 is 38.4 Å². The van der Waals surface area contributed by atoms with Crippen molar-refractivity contribution in [2.24, 2.45) is 0 Å². The SMILES string of the molecule is CCN(CC)S(=O)(=O)c1cc(C(=O)OCC(=O)Nc2ccc3ccccc3c2)ccc1OC. The van der Waals surface area contributed by atoms with E-state index in [-0.39, 0.29) is 29.3 Å². The predicted octanol–water partition coefficient (Wildman–Crippen LogP) is 3.67. The molecule has 0 atom stereocenters. The second-order valence-corrected chi connectivity index (χ2v) is 9.05. The lowest BCUT2D eigenvalue weighted by Gasteiger charge is -2.20. The number of rotatable bonds is 9. The molecule has 0 spiro atoms. The molecule has 0 unspecified atom stereocenters. The summed E-state index contributed by atoms with van der Waals surface area (Å²) in [6, 6.07) is 17.2. The topological polar surface area (TPSA) is 102 Å². The average Bonchev–Trinajstić information content (AvgIpc) is 2.82. The first-order valence-corrected chi connectivity index (χ1v) is 11.9. The summed E-state index contributed by atoms with van der Waals surface area (Å²) < 4.78 is 37.4. The minimum atomic E-state index is -3.87. The number of anilines is 1. The van der Waals surface area contributed by atoms with E-state index in [0.29, 0.717) is 5.69 Å². The second-order valence-electron chi connectivity index (χ2n) is 7.14. The number of methoxy groups -OCH3 is 1. The molecule has 9 heteroatoms. The van der Waals surface area contributed by atoms with E-state index < -0.39 is 28.5 Å². The maximum Gasteiger partial charge on any atom is 0.338 e. The van der Waals surface area contributed by atoms with Crippen molar-refractivity contribution in [2.75, 3.05) is 32.1 Å². The van der Waals surface area contributed by atoms with E-state index in [1.807, 2.05) is 36.4 Å². The summed E-state index contributed by atoms with van der Waals surface area (Å²) in [5.41, 5.74) is 0.576. The number of benzene rings is 3. The van der Waals surface area contributed by atoms with Gasteiger partial charge in [0.2, 0.25) is 10.0 Å². The first kappa shape index (κ1) is 24.2. The van der Waals surface area contributed by atoms with Gasteiger partial charge in [-0.25, -0.2) is 13.2 Å². The van der Waals surface area contributed by atoms with Crippen LogP contribution in [0.3, 0.4) is 0 Å². The number of nitrogens with one attached hydrogen (secondary N) is 1. The van der Waals surface area contributed by atoms with E-state index in [2.05, 4.69) is 5.32 Å². The Morgan fingerprint density at radius 2 is 1.64 bits per heavy atom. The van der Waals surface area contributed by atoms with Gasteiger partial charge in [0.1, 0.15) is 10.6 Å². The van der Waals surface area contributed by atoms with Crippen molar-refractivity contribution in [3.05, 3.63) is 66.2 Å². The number of nitrogens with zero attached hydrogens (tertiary/aromatic N) is 1. The number of esters is 1. The Labute approximate surface area is 193 Å². The van der Waals surface area contributed by atoms with Gasteiger partial charge in [-0.2, -0.15) is 4.31 Å². The highest BCUT2D eigenvalue weighted by Crippen LogP contribution is 2.28. The quantitative estimate of drug-likeness (QED) is 0.479. The summed E-state index contributed by atoms with van der Waals surface area (Å²) in [5, 5.41) is 4.69. The molecule has 0 radical (unpaired) electrons. The number of carbonyl (C=O) groups excluding carboxylic acids is 2. The molecule has 174 valence electrons. The van der Waals surface area contributed by atoms with Gasteiger partial charge in [-0.1, -0.05) is 44.2 Å². The molecule has 0 aliphatic rings. The van der Waals surface area contributed by atoms with Crippen LogP contribution >= 0.6 is 0 Å². The summed E-state index contributed by atoms with van der Waals surface area (Å²) in [6.07, 6.45) is 0. The summed E-state index contributed by atoms with van der Waals surface area (Å²) in [6.45, 7) is 3.46. The van der Waals surface area contributed by atoms with Crippen LogP contribution < -0.4 is 10.1 Å². The lowest BCUT2D eigenvalue weighted by atomic mass is 10.1. The Balaban J connectivity index is 1.71. The van der Waals surface area contributed by atoms with Gasteiger partial charge in [-0.3, -0.25) is 4.79 Å². The third kappa shape index (κ3) is 5.50. The van der Waals surface area contributed by atoms with Crippen LogP contribution in [0.15, 0.2) is 65.6 Å². The van der Waals surface area contributed by atoms with Gasteiger partial charge in [0.25, 0.3) is 5.91 Å². The van der Waals surface area contributed by atoms with Crippen molar-refractivity contribution in [1.29, 1.82) is 0 Å². The zero-order valence-corrected chi connectivity index (χ0v) is 19.5. The van der Waals surface area contributed by atoms with Crippen molar-refractivity contribution in [2.45, 2.75) is 18.7 Å². The monoisotopic (exact) mass is 470 g/mol. The second kappa shape index (κ2) is 10.5. The molecule has 0 saturated carbocycles. The van der Waals surface area contributed by atoms with Crippen LogP contribution in [0.4, 0.5) is 5.69 Å². The highest BCUT2D eigenvalue weighted by molar-refractivity contribution is 7.89. The minimum absolute atomic E-state index is 0.0000336. The number of sulfonamides is 1. The fraction of sp³-hybridized carbons (Fsp3) is 0.250.